The molecule has 5 nitrogen and oxygen atoms in total. The number of rotatable bonds is 3. The lowest BCUT2D eigenvalue weighted by Gasteiger charge is -2.38. The van der Waals surface area contributed by atoms with E-state index < -0.39 is 5.72 Å². The summed E-state index contributed by atoms with van der Waals surface area (Å²) in [5.74, 6) is 0.458. The van der Waals surface area contributed by atoms with E-state index in [-0.39, 0.29) is 18.2 Å². The first-order valence-corrected chi connectivity index (χ1v) is 10.00. The maximum Gasteiger partial charge on any atom is 0.231 e. The highest BCUT2D eigenvalue weighted by molar-refractivity contribution is 8.03. The third-order valence-corrected chi connectivity index (χ3v) is 6.54. The van der Waals surface area contributed by atoms with E-state index in [4.69, 9.17) is 4.74 Å². The van der Waals surface area contributed by atoms with Gasteiger partial charge in [-0.05, 0) is 24.6 Å². The fourth-order valence-corrected chi connectivity index (χ4v) is 5.16. The number of hydrogen-bond donors (Lipinski definition) is 1. The molecule has 0 spiro atoms. The Morgan fingerprint density at radius 2 is 2.04 bits per heavy atom. The predicted octanol–water partition coefficient (Wildman–Crippen LogP) is 3.65. The summed E-state index contributed by atoms with van der Waals surface area (Å²) >= 11 is 1.36. The first kappa shape index (κ1) is 18.6. The van der Waals surface area contributed by atoms with Crippen molar-refractivity contribution in [1.29, 1.82) is 5.26 Å². The largest absolute Gasteiger partial charge is 0.497 e. The summed E-state index contributed by atoms with van der Waals surface area (Å²) in [6.45, 7) is 1.97. The number of hydrogen-bond acceptors (Lipinski definition) is 5. The molecule has 0 aliphatic carbocycles. The zero-order valence-electron chi connectivity index (χ0n) is 15.7. The van der Waals surface area contributed by atoms with E-state index in [1.807, 2.05) is 55.5 Å². The van der Waals surface area contributed by atoms with Crippen LogP contribution in [-0.4, -0.2) is 28.8 Å². The van der Waals surface area contributed by atoms with Crippen LogP contribution in [0.3, 0.4) is 0 Å². The Labute approximate surface area is 168 Å². The highest BCUT2D eigenvalue weighted by Crippen LogP contribution is 2.51. The summed E-state index contributed by atoms with van der Waals surface area (Å²) < 4.78 is 5.29. The number of aliphatic hydroxyl groups is 1. The first-order valence-electron chi connectivity index (χ1n) is 9.01. The average molecular weight is 392 g/mol. The minimum atomic E-state index is -1.44. The van der Waals surface area contributed by atoms with Gasteiger partial charge in [0.1, 0.15) is 5.75 Å². The highest BCUT2D eigenvalue weighted by Gasteiger charge is 2.51. The topological polar surface area (TPSA) is 73.6 Å². The molecule has 2 aliphatic heterocycles. The van der Waals surface area contributed by atoms with Gasteiger partial charge in [-0.3, -0.25) is 9.69 Å². The van der Waals surface area contributed by atoms with Gasteiger partial charge < -0.3 is 9.84 Å². The second kappa shape index (κ2) is 7.01. The van der Waals surface area contributed by atoms with Crippen LogP contribution in [0, 0.1) is 18.3 Å². The summed E-state index contributed by atoms with van der Waals surface area (Å²) in [6, 6.07) is 17.3. The number of allylic oxidation sites excluding steroid dienone is 1. The van der Waals surface area contributed by atoms with E-state index in [0.717, 1.165) is 11.1 Å². The van der Waals surface area contributed by atoms with Crippen molar-refractivity contribution in [3.8, 4) is 11.8 Å². The molecule has 2 aromatic rings. The fraction of sp³-hybridized carbons (Fsp3) is 0.273. The van der Waals surface area contributed by atoms with E-state index >= 15 is 0 Å². The Balaban J connectivity index is 1.79. The van der Waals surface area contributed by atoms with Crippen molar-refractivity contribution in [2.75, 3.05) is 12.9 Å². The Kier molecular flexibility index (Phi) is 4.66. The summed E-state index contributed by atoms with van der Waals surface area (Å²) in [4.78, 5) is 14.5. The van der Waals surface area contributed by atoms with Crippen LogP contribution < -0.4 is 4.74 Å². The van der Waals surface area contributed by atoms with Gasteiger partial charge in [0.05, 0.1) is 29.5 Å². The number of carbonyl (C=O) groups excluding carboxylic acids is 1. The standard InChI is InChI=1S/C22H20N2O3S/c1-14-6-8-16(9-7-14)22(26)13-28-21-19(12-23)18(11-20(25)24(21)22)15-4-3-5-17(10-15)27-2/h3-10,18,26H,11,13H2,1-2H3/t18-,22-/m0/s1. The Morgan fingerprint density at radius 3 is 2.71 bits per heavy atom. The molecule has 0 aromatic heterocycles. The van der Waals surface area contributed by atoms with Crippen LogP contribution in [0.5, 0.6) is 5.75 Å². The second-order valence-electron chi connectivity index (χ2n) is 7.06. The third-order valence-electron chi connectivity index (χ3n) is 5.32. The molecular formula is C22H20N2O3S. The number of aryl methyl sites for hydroxylation is 1. The van der Waals surface area contributed by atoms with Gasteiger partial charge in [0.25, 0.3) is 0 Å². The van der Waals surface area contributed by atoms with Crippen molar-refractivity contribution in [3.63, 3.8) is 0 Å². The maximum absolute atomic E-state index is 13.1. The van der Waals surface area contributed by atoms with E-state index in [0.29, 0.717) is 27.7 Å². The fourth-order valence-electron chi connectivity index (χ4n) is 3.80. The van der Waals surface area contributed by atoms with E-state index in [1.54, 1.807) is 7.11 Å². The van der Waals surface area contributed by atoms with Crippen molar-refractivity contribution in [2.45, 2.75) is 25.0 Å². The Bertz CT molecular complexity index is 1010. The maximum atomic E-state index is 13.1. The van der Waals surface area contributed by atoms with Crippen LogP contribution in [0.25, 0.3) is 0 Å². The number of carbonyl (C=O) groups is 1. The van der Waals surface area contributed by atoms with Crippen molar-refractivity contribution in [2.24, 2.45) is 0 Å². The van der Waals surface area contributed by atoms with Gasteiger partial charge >= 0.3 is 0 Å². The summed E-state index contributed by atoms with van der Waals surface area (Å²) in [5, 5.41) is 21.8. The molecule has 2 heterocycles. The van der Waals surface area contributed by atoms with Crippen molar-refractivity contribution < 1.29 is 14.6 Å². The molecule has 142 valence electrons. The molecule has 6 heteroatoms. The van der Waals surface area contributed by atoms with E-state index in [1.165, 1.54) is 16.7 Å². The number of benzene rings is 2. The number of nitrogens with zero attached hydrogens (tertiary/aromatic N) is 2. The van der Waals surface area contributed by atoms with Gasteiger partial charge in [0.2, 0.25) is 5.91 Å². The summed E-state index contributed by atoms with van der Waals surface area (Å²) in [5.41, 5.74) is 1.68. The van der Waals surface area contributed by atoms with Crippen LogP contribution in [-0.2, 0) is 10.5 Å². The van der Waals surface area contributed by atoms with Gasteiger partial charge in [0, 0.05) is 17.9 Å². The van der Waals surface area contributed by atoms with Crippen LogP contribution in [0.2, 0.25) is 0 Å². The lowest BCUT2D eigenvalue weighted by molar-refractivity contribution is -0.149. The molecule has 1 saturated heterocycles. The third kappa shape index (κ3) is 2.88. The number of nitriles is 1. The molecule has 28 heavy (non-hydrogen) atoms. The molecule has 0 unspecified atom stereocenters. The molecule has 1 fully saturated rings. The quantitative estimate of drug-likeness (QED) is 0.863. The average Bonchev–Trinajstić information content (AvgIpc) is 3.07. The molecule has 0 radical (unpaired) electrons. The zero-order chi connectivity index (χ0) is 19.9. The van der Waals surface area contributed by atoms with Crippen LogP contribution in [0.15, 0.2) is 59.1 Å². The van der Waals surface area contributed by atoms with E-state index in [2.05, 4.69) is 6.07 Å². The number of thioether (sulfide) groups is 1. The normalized spacial score (nSPS) is 24.1. The summed E-state index contributed by atoms with van der Waals surface area (Å²) in [7, 11) is 1.59. The minimum absolute atomic E-state index is 0.133. The molecule has 0 bridgehead atoms. The van der Waals surface area contributed by atoms with Gasteiger partial charge in [-0.15, -0.1) is 11.8 Å². The smallest absolute Gasteiger partial charge is 0.231 e. The van der Waals surface area contributed by atoms with Crippen molar-refractivity contribution in [1.82, 2.24) is 4.90 Å². The number of amides is 1. The van der Waals surface area contributed by atoms with Gasteiger partial charge in [0.15, 0.2) is 5.72 Å². The first-order chi connectivity index (χ1) is 13.5. The highest BCUT2D eigenvalue weighted by atomic mass is 32.2. The molecule has 4 rings (SSSR count). The van der Waals surface area contributed by atoms with Crippen LogP contribution in [0.1, 0.15) is 29.0 Å². The van der Waals surface area contributed by atoms with Gasteiger partial charge in [-0.25, -0.2) is 0 Å². The Hall–Kier alpha value is -2.75. The van der Waals surface area contributed by atoms with Crippen LogP contribution in [0.4, 0.5) is 0 Å². The van der Waals surface area contributed by atoms with E-state index in [9.17, 15) is 15.2 Å². The number of ether oxygens (including phenoxy) is 1. The molecular weight excluding hydrogens is 372 g/mol. The number of fused-ring (bicyclic) bond motifs is 1. The van der Waals surface area contributed by atoms with Crippen LogP contribution >= 0.6 is 11.8 Å². The van der Waals surface area contributed by atoms with Crippen molar-refractivity contribution in [3.05, 3.63) is 75.8 Å². The SMILES string of the molecule is COc1cccc([C@@H]2CC(=O)N3C(=C2C#N)SC[C@]3(O)c2ccc(C)cc2)c1. The van der Waals surface area contributed by atoms with Crippen molar-refractivity contribution >= 4 is 17.7 Å². The minimum Gasteiger partial charge on any atom is -0.497 e. The van der Waals surface area contributed by atoms with Gasteiger partial charge in [-0.2, -0.15) is 5.26 Å². The molecule has 0 saturated carbocycles. The monoisotopic (exact) mass is 392 g/mol. The molecule has 2 aliphatic rings. The lowest BCUT2D eigenvalue weighted by atomic mass is 9.85. The lowest BCUT2D eigenvalue weighted by Crippen LogP contribution is -2.48. The molecule has 1 N–H and O–H groups in total. The second-order valence-corrected chi connectivity index (χ2v) is 8.03. The summed E-state index contributed by atoms with van der Waals surface area (Å²) in [6.07, 6.45) is 0.133. The molecule has 2 atom stereocenters. The predicted molar refractivity (Wildman–Crippen MR) is 107 cm³/mol. The zero-order valence-corrected chi connectivity index (χ0v) is 16.5. The van der Waals surface area contributed by atoms with Gasteiger partial charge in [-0.1, -0.05) is 42.0 Å². The number of methoxy groups -OCH3 is 1. The molecule has 1 amide bonds. The molecule has 2 aromatic carbocycles. The Morgan fingerprint density at radius 1 is 1.29 bits per heavy atom.